The molecule has 2 heteroatoms. The normalized spacial score (nSPS) is 13.0. The number of halogens is 2. The van der Waals surface area contributed by atoms with Gasteiger partial charge in [-0.1, -0.05) is 245 Å². The maximum Gasteiger partial charge on any atom is 0.126 e. The lowest BCUT2D eigenvalue weighted by molar-refractivity contribution is 0.514. The van der Waals surface area contributed by atoms with Crippen LogP contribution >= 0.6 is 11.6 Å². The van der Waals surface area contributed by atoms with E-state index in [1.807, 2.05) is 39.0 Å². The first kappa shape index (κ1) is 54.1. The van der Waals surface area contributed by atoms with E-state index in [0.717, 1.165) is 10.6 Å². The van der Waals surface area contributed by atoms with Crippen molar-refractivity contribution < 1.29 is 4.39 Å². The minimum atomic E-state index is -0.134. The largest absolute Gasteiger partial charge is 0.207 e. The Balaban J connectivity index is 0.000000393. The highest BCUT2D eigenvalue weighted by Crippen LogP contribution is 2.35. The van der Waals surface area contributed by atoms with Gasteiger partial charge in [0.2, 0.25) is 0 Å². The molecule has 0 atom stereocenters. The highest BCUT2D eigenvalue weighted by Gasteiger charge is 2.24. The van der Waals surface area contributed by atoms with Gasteiger partial charge in [0.15, 0.2) is 0 Å². The van der Waals surface area contributed by atoms with E-state index in [-0.39, 0.29) is 49.1 Å². The second kappa shape index (κ2) is 19.4. The van der Waals surface area contributed by atoms with E-state index in [4.69, 9.17) is 11.6 Å². The molecule has 0 aliphatic carbocycles. The molecule has 0 N–H and O–H groups in total. The molecule has 0 heterocycles. The van der Waals surface area contributed by atoms with Crippen LogP contribution in [0.1, 0.15) is 216 Å². The van der Waals surface area contributed by atoms with Crippen LogP contribution in [0.15, 0.2) is 78.9 Å². The summed E-state index contributed by atoms with van der Waals surface area (Å²) in [5.41, 5.74) is 12.9. The van der Waals surface area contributed by atoms with E-state index in [9.17, 15) is 4.39 Å². The van der Waals surface area contributed by atoms with Crippen LogP contribution in [-0.4, -0.2) is 0 Å². The van der Waals surface area contributed by atoms with Crippen LogP contribution in [0.25, 0.3) is 0 Å². The van der Waals surface area contributed by atoms with Gasteiger partial charge in [-0.25, -0.2) is 4.39 Å². The van der Waals surface area contributed by atoms with Crippen molar-refractivity contribution in [1.82, 2.24) is 0 Å². The molecular weight excluding hydrogens is 739 g/mol. The molecule has 0 amide bonds. The Bertz CT molecular complexity index is 1730. The van der Waals surface area contributed by atoms with Crippen molar-refractivity contribution in [2.24, 2.45) is 0 Å². The van der Waals surface area contributed by atoms with Crippen molar-refractivity contribution in [1.29, 1.82) is 0 Å². The fraction of sp³-hybridized carbons (Fsp3) is 0.579. The van der Waals surface area contributed by atoms with Gasteiger partial charge in [0.25, 0.3) is 0 Å². The van der Waals surface area contributed by atoms with Gasteiger partial charge in [0.1, 0.15) is 5.82 Å². The summed E-state index contributed by atoms with van der Waals surface area (Å²) in [6, 6.07) is 27.6. The van der Waals surface area contributed by atoms with Gasteiger partial charge in [0, 0.05) is 5.02 Å². The SMILES string of the molecule is CC(C)(C)c1ccc(Cl)c(C(C)(C)C)c1.CC(C)(C)c1ccc(F)c(C(C)(C)C)c1.CC(C)(C)c1cccc(C(C)(C)C)c1.Cc1ccc(C(C)(C)C)cc1C(C)(C)C. The fourth-order valence-corrected chi connectivity index (χ4v) is 6.88. The minimum absolute atomic E-state index is 0.0771. The predicted octanol–water partition coefficient (Wildman–Crippen LogP) is 18.2. The van der Waals surface area contributed by atoms with Crippen LogP contribution in [0.2, 0.25) is 5.02 Å². The van der Waals surface area contributed by atoms with Crippen molar-refractivity contribution in [3.63, 3.8) is 0 Å². The number of benzene rings is 4. The monoisotopic (exact) mass is 827 g/mol. The van der Waals surface area contributed by atoms with Gasteiger partial charge in [-0.3, -0.25) is 0 Å². The molecule has 0 radical (unpaired) electrons. The van der Waals surface area contributed by atoms with E-state index in [1.54, 1.807) is 6.07 Å². The van der Waals surface area contributed by atoms with E-state index >= 15 is 0 Å². The molecule has 4 aromatic carbocycles. The lowest BCUT2D eigenvalue weighted by Crippen LogP contribution is -2.17. The van der Waals surface area contributed by atoms with Crippen molar-refractivity contribution in [2.75, 3.05) is 0 Å². The minimum Gasteiger partial charge on any atom is -0.207 e. The smallest absolute Gasteiger partial charge is 0.126 e. The van der Waals surface area contributed by atoms with Crippen LogP contribution in [0.5, 0.6) is 0 Å². The van der Waals surface area contributed by atoms with Gasteiger partial charge in [0.05, 0.1) is 0 Å². The molecule has 0 spiro atoms. The average Bonchev–Trinajstić information content (AvgIpc) is 3.02. The Morgan fingerprint density at radius 2 is 0.610 bits per heavy atom. The first-order chi connectivity index (χ1) is 26.1. The molecule has 0 fully saturated rings. The molecule has 330 valence electrons. The van der Waals surface area contributed by atoms with Crippen LogP contribution in [0, 0.1) is 12.7 Å². The van der Waals surface area contributed by atoms with Crippen molar-refractivity contribution >= 4 is 11.6 Å². The zero-order chi connectivity index (χ0) is 46.5. The predicted molar refractivity (Wildman–Crippen MR) is 265 cm³/mol. The van der Waals surface area contributed by atoms with Crippen molar-refractivity contribution in [2.45, 2.75) is 216 Å². The molecule has 0 saturated carbocycles. The molecule has 0 bridgehead atoms. The highest BCUT2D eigenvalue weighted by atomic mass is 35.5. The number of rotatable bonds is 0. The summed E-state index contributed by atoms with van der Waals surface area (Å²) in [4.78, 5) is 0. The molecule has 0 aliphatic rings. The maximum atomic E-state index is 13.7. The second-order valence-electron chi connectivity index (χ2n) is 25.0. The summed E-state index contributed by atoms with van der Waals surface area (Å²) in [6.45, 7) is 55.2. The third-order valence-corrected chi connectivity index (χ3v) is 11.1. The number of hydrogen-bond acceptors (Lipinski definition) is 0. The molecular formula is C57H88ClF. The maximum absolute atomic E-state index is 13.7. The average molecular weight is 828 g/mol. The Hall–Kier alpha value is -2.90. The van der Waals surface area contributed by atoms with E-state index in [1.165, 1.54) is 44.5 Å². The Kier molecular flexibility index (Phi) is 17.8. The standard InChI is InChI=1S/C15H24.C14H21Cl.C14H21F.C14H22/c1-11-8-9-12(14(2,3)4)10-13(11)15(5,6)7;2*1-13(2,3)10-7-8-12(15)11(9-10)14(4,5)6;1-13(2,3)11-8-7-9-12(10-11)14(4,5)6/h8-10H,1-7H3;2*7-9H,1-6H3;7-10H,1-6H3. The number of hydrogen-bond donors (Lipinski definition) is 0. The molecule has 0 aromatic heterocycles. The van der Waals surface area contributed by atoms with Gasteiger partial charge < -0.3 is 0 Å². The Morgan fingerprint density at radius 1 is 0.322 bits per heavy atom. The first-order valence-corrected chi connectivity index (χ1v) is 22.3. The van der Waals surface area contributed by atoms with E-state index < -0.39 is 0 Å². The van der Waals surface area contributed by atoms with Gasteiger partial charge in [-0.05, 0) is 112 Å². The summed E-state index contributed by atoms with van der Waals surface area (Å²) in [6.07, 6.45) is 0. The molecule has 59 heavy (non-hydrogen) atoms. The topological polar surface area (TPSA) is 0 Å². The molecule has 4 rings (SSSR count). The van der Waals surface area contributed by atoms with Crippen molar-refractivity contribution in [3.05, 3.63) is 140 Å². The van der Waals surface area contributed by atoms with Gasteiger partial charge in [-0.15, -0.1) is 0 Å². The van der Waals surface area contributed by atoms with Gasteiger partial charge in [-0.2, -0.15) is 0 Å². The van der Waals surface area contributed by atoms with Crippen molar-refractivity contribution in [3.8, 4) is 0 Å². The number of aryl methyl sites for hydroxylation is 1. The lowest BCUT2D eigenvalue weighted by Gasteiger charge is -2.26. The Labute approximate surface area is 370 Å². The van der Waals surface area contributed by atoms with E-state index in [0.29, 0.717) is 0 Å². The molecule has 0 aliphatic heterocycles. The lowest BCUT2D eigenvalue weighted by atomic mass is 9.79. The van der Waals surface area contributed by atoms with Gasteiger partial charge >= 0.3 is 0 Å². The Morgan fingerprint density at radius 3 is 0.949 bits per heavy atom. The first-order valence-electron chi connectivity index (χ1n) is 21.9. The fourth-order valence-electron chi connectivity index (χ4n) is 6.48. The van der Waals surface area contributed by atoms with Crippen LogP contribution in [-0.2, 0) is 43.3 Å². The summed E-state index contributed by atoms with van der Waals surface area (Å²) in [5, 5.41) is 0.871. The van der Waals surface area contributed by atoms with E-state index in [2.05, 4.69) is 207 Å². The van der Waals surface area contributed by atoms with Crippen LogP contribution in [0.3, 0.4) is 0 Å². The van der Waals surface area contributed by atoms with Crippen LogP contribution < -0.4 is 0 Å². The summed E-state index contributed by atoms with van der Waals surface area (Å²) in [5.74, 6) is -0.101. The zero-order valence-electron chi connectivity index (χ0n) is 42.8. The summed E-state index contributed by atoms with van der Waals surface area (Å²) < 4.78 is 13.7. The zero-order valence-corrected chi connectivity index (χ0v) is 43.5. The third-order valence-electron chi connectivity index (χ3n) is 10.8. The molecule has 0 nitrogen and oxygen atoms in total. The molecule has 0 saturated heterocycles. The summed E-state index contributed by atoms with van der Waals surface area (Å²) in [7, 11) is 0. The summed E-state index contributed by atoms with van der Waals surface area (Å²) >= 11 is 6.23. The quantitative estimate of drug-likeness (QED) is 0.166. The molecule has 4 aromatic rings. The van der Waals surface area contributed by atoms with Crippen LogP contribution in [0.4, 0.5) is 4.39 Å². The molecule has 0 unspecified atom stereocenters. The highest BCUT2D eigenvalue weighted by molar-refractivity contribution is 6.31. The second-order valence-corrected chi connectivity index (χ2v) is 25.4. The third kappa shape index (κ3) is 17.5.